The molecule has 0 spiro atoms. The lowest BCUT2D eigenvalue weighted by Crippen LogP contribution is -2.43. The highest BCUT2D eigenvalue weighted by atomic mass is 19.1. The predicted molar refractivity (Wildman–Crippen MR) is 130 cm³/mol. The molecule has 1 fully saturated rings. The van der Waals surface area contributed by atoms with Crippen molar-refractivity contribution in [2.45, 2.75) is 20.3 Å². The van der Waals surface area contributed by atoms with Gasteiger partial charge in [0.1, 0.15) is 29.3 Å². The number of ether oxygens (including phenoxy) is 3. The van der Waals surface area contributed by atoms with E-state index in [1.54, 1.807) is 43.3 Å². The van der Waals surface area contributed by atoms with Crippen LogP contribution in [-0.2, 0) is 9.53 Å². The fourth-order valence-corrected chi connectivity index (χ4v) is 4.03. The highest BCUT2D eigenvalue weighted by molar-refractivity contribution is 5.80. The molecule has 1 amide bonds. The minimum Gasteiger partial charge on any atom is -0.492 e. The molecule has 3 aromatic rings. The zero-order valence-electron chi connectivity index (χ0n) is 19.8. The lowest BCUT2D eigenvalue weighted by molar-refractivity contribution is -0.156. The third-order valence-electron chi connectivity index (χ3n) is 6.09. The summed E-state index contributed by atoms with van der Waals surface area (Å²) in [6, 6.07) is 20.8. The molecule has 6 nitrogen and oxygen atoms in total. The quantitative estimate of drug-likeness (QED) is 0.413. The fourth-order valence-electron chi connectivity index (χ4n) is 4.03. The van der Waals surface area contributed by atoms with Crippen molar-refractivity contribution < 1.29 is 28.2 Å². The lowest BCUT2D eigenvalue weighted by atomic mass is 9.88. The Bertz CT molecular complexity index is 1160. The van der Waals surface area contributed by atoms with E-state index in [1.807, 2.05) is 31.2 Å². The molecule has 0 aromatic heterocycles. The van der Waals surface area contributed by atoms with Crippen LogP contribution in [0, 0.1) is 18.2 Å². The van der Waals surface area contributed by atoms with Crippen LogP contribution in [-0.4, -0.2) is 43.3 Å². The Morgan fingerprint density at radius 3 is 2.14 bits per heavy atom. The molecule has 0 radical (unpaired) electrons. The number of aryl methyl sites for hydroxylation is 1. The number of nitrogens with zero attached hydrogens (tertiary/aromatic N) is 1. The van der Waals surface area contributed by atoms with Crippen LogP contribution >= 0.6 is 0 Å². The van der Waals surface area contributed by atoms with E-state index >= 15 is 0 Å². The SMILES string of the molecule is CCOC(=O)C1(COc2ccc(-c3ccc(F)cc3)cc2)CCN(C(=O)Oc2ccc(C)cc2)C1. The molecule has 7 heteroatoms. The van der Waals surface area contributed by atoms with Crippen LogP contribution in [0.5, 0.6) is 11.5 Å². The second kappa shape index (κ2) is 10.6. The smallest absolute Gasteiger partial charge is 0.415 e. The van der Waals surface area contributed by atoms with Gasteiger partial charge in [-0.3, -0.25) is 4.79 Å². The van der Waals surface area contributed by atoms with Crippen LogP contribution in [0.2, 0.25) is 0 Å². The minimum absolute atomic E-state index is 0.0655. The Kier molecular flexibility index (Phi) is 7.34. The van der Waals surface area contributed by atoms with Crippen LogP contribution in [0.3, 0.4) is 0 Å². The van der Waals surface area contributed by atoms with Crippen molar-refractivity contribution in [3.63, 3.8) is 0 Å². The van der Waals surface area contributed by atoms with Gasteiger partial charge in [0, 0.05) is 13.1 Å². The van der Waals surface area contributed by atoms with E-state index in [-0.39, 0.29) is 25.6 Å². The van der Waals surface area contributed by atoms with Crippen molar-refractivity contribution in [1.82, 2.24) is 4.90 Å². The molecule has 1 saturated heterocycles. The van der Waals surface area contributed by atoms with Gasteiger partial charge in [-0.2, -0.15) is 0 Å². The number of carbonyl (C=O) groups is 2. The Balaban J connectivity index is 1.42. The third-order valence-corrected chi connectivity index (χ3v) is 6.09. The molecule has 1 aliphatic rings. The summed E-state index contributed by atoms with van der Waals surface area (Å²) in [5.74, 6) is 0.354. The zero-order chi connectivity index (χ0) is 24.8. The number of esters is 1. The van der Waals surface area contributed by atoms with Crippen LogP contribution in [0.4, 0.5) is 9.18 Å². The van der Waals surface area contributed by atoms with Gasteiger partial charge in [-0.05, 0) is 67.8 Å². The van der Waals surface area contributed by atoms with Crippen LogP contribution in [0.1, 0.15) is 18.9 Å². The number of rotatable bonds is 7. The first-order valence-electron chi connectivity index (χ1n) is 11.6. The average molecular weight is 478 g/mol. The Morgan fingerprint density at radius 1 is 0.914 bits per heavy atom. The molecule has 0 N–H and O–H groups in total. The number of benzene rings is 3. The van der Waals surface area contributed by atoms with Gasteiger partial charge in [0.2, 0.25) is 0 Å². The van der Waals surface area contributed by atoms with Crippen molar-refractivity contribution in [2.75, 3.05) is 26.3 Å². The predicted octanol–water partition coefficient (Wildman–Crippen LogP) is 5.63. The van der Waals surface area contributed by atoms with Gasteiger partial charge in [0.05, 0.1) is 6.61 Å². The van der Waals surface area contributed by atoms with Crippen molar-refractivity contribution in [3.05, 3.63) is 84.2 Å². The van der Waals surface area contributed by atoms with Gasteiger partial charge in [0.25, 0.3) is 0 Å². The number of likely N-dealkylation sites (tertiary alicyclic amines) is 1. The number of amides is 1. The van der Waals surface area contributed by atoms with Crippen molar-refractivity contribution >= 4 is 12.1 Å². The van der Waals surface area contributed by atoms with Gasteiger partial charge in [-0.15, -0.1) is 0 Å². The molecule has 0 aliphatic carbocycles. The van der Waals surface area contributed by atoms with E-state index in [2.05, 4.69) is 0 Å². The van der Waals surface area contributed by atoms with E-state index in [1.165, 1.54) is 17.0 Å². The summed E-state index contributed by atoms with van der Waals surface area (Å²) in [6.45, 7) is 4.51. The van der Waals surface area contributed by atoms with Gasteiger partial charge in [-0.1, -0.05) is 42.0 Å². The van der Waals surface area contributed by atoms with Crippen LogP contribution in [0.15, 0.2) is 72.8 Å². The van der Waals surface area contributed by atoms with Crippen molar-refractivity contribution in [3.8, 4) is 22.6 Å². The molecule has 3 aromatic carbocycles. The van der Waals surface area contributed by atoms with Crippen LogP contribution < -0.4 is 9.47 Å². The van der Waals surface area contributed by atoms with E-state index < -0.39 is 17.5 Å². The second-order valence-corrected chi connectivity index (χ2v) is 8.67. The molecule has 35 heavy (non-hydrogen) atoms. The maximum Gasteiger partial charge on any atom is 0.415 e. The highest BCUT2D eigenvalue weighted by Gasteiger charge is 2.48. The van der Waals surface area contributed by atoms with Crippen molar-refractivity contribution in [2.24, 2.45) is 5.41 Å². The molecule has 1 atom stereocenters. The minimum atomic E-state index is -0.988. The van der Waals surface area contributed by atoms with Crippen LogP contribution in [0.25, 0.3) is 11.1 Å². The van der Waals surface area contributed by atoms with Gasteiger partial charge in [0.15, 0.2) is 0 Å². The van der Waals surface area contributed by atoms with Gasteiger partial charge < -0.3 is 19.1 Å². The Hall–Kier alpha value is -3.87. The molecule has 4 rings (SSSR count). The largest absolute Gasteiger partial charge is 0.492 e. The topological polar surface area (TPSA) is 65.1 Å². The Morgan fingerprint density at radius 2 is 1.51 bits per heavy atom. The average Bonchev–Trinajstić information content (AvgIpc) is 3.31. The van der Waals surface area contributed by atoms with Crippen molar-refractivity contribution in [1.29, 1.82) is 0 Å². The number of hydrogen-bond donors (Lipinski definition) is 0. The van der Waals surface area contributed by atoms with Gasteiger partial charge in [-0.25, -0.2) is 9.18 Å². The molecule has 1 unspecified atom stereocenters. The summed E-state index contributed by atoms with van der Waals surface area (Å²) in [7, 11) is 0. The first-order valence-corrected chi connectivity index (χ1v) is 11.6. The van der Waals surface area contributed by atoms with E-state index in [4.69, 9.17) is 14.2 Å². The monoisotopic (exact) mass is 477 g/mol. The maximum absolute atomic E-state index is 13.2. The molecule has 1 aliphatic heterocycles. The molecule has 1 heterocycles. The maximum atomic E-state index is 13.2. The molecular formula is C28H28FNO5. The summed E-state index contributed by atoms with van der Waals surface area (Å²) < 4.78 is 30.0. The third kappa shape index (κ3) is 5.80. The summed E-state index contributed by atoms with van der Waals surface area (Å²) >= 11 is 0. The molecule has 0 bridgehead atoms. The number of halogens is 1. The normalized spacial score (nSPS) is 17.2. The van der Waals surface area contributed by atoms with E-state index in [0.717, 1.165) is 16.7 Å². The first-order chi connectivity index (χ1) is 16.9. The second-order valence-electron chi connectivity index (χ2n) is 8.67. The highest BCUT2D eigenvalue weighted by Crippen LogP contribution is 2.34. The number of hydrogen-bond acceptors (Lipinski definition) is 5. The number of carbonyl (C=O) groups excluding carboxylic acids is 2. The molecule has 0 saturated carbocycles. The summed E-state index contributed by atoms with van der Waals surface area (Å²) in [5, 5.41) is 0. The van der Waals surface area contributed by atoms with E-state index in [9.17, 15) is 14.0 Å². The Labute approximate surface area is 204 Å². The lowest BCUT2D eigenvalue weighted by Gasteiger charge is -2.27. The van der Waals surface area contributed by atoms with E-state index in [0.29, 0.717) is 24.5 Å². The molecular weight excluding hydrogens is 449 g/mol. The molecule has 182 valence electrons. The summed E-state index contributed by atoms with van der Waals surface area (Å²) in [5.41, 5.74) is 1.88. The zero-order valence-corrected chi connectivity index (χ0v) is 19.8. The summed E-state index contributed by atoms with van der Waals surface area (Å²) in [6.07, 6.45) is -0.105. The fraction of sp³-hybridized carbons (Fsp3) is 0.286. The standard InChI is InChI=1S/C28H28FNO5/c1-3-33-26(31)28(16-17-30(18-28)27(32)35-25-12-4-20(2)5-13-25)19-34-24-14-8-22(9-15-24)21-6-10-23(29)11-7-21/h4-15H,3,16-19H2,1-2H3. The van der Waals surface area contributed by atoms with Gasteiger partial charge >= 0.3 is 12.1 Å². The summed E-state index contributed by atoms with van der Waals surface area (Å²) in [4.78, 5) is 27.1. The first kappa shape index (κ1) is 24.3.